The van der Waals surface area contributed by atoms with Crippen LogP contribution in [0.15, 0.2) is 0 Å². The third-order valence-corrected chi connectivity index (χ3v) is 3.25. The van der Waals surface area contributed by atoms with Gasteiger partial charge in [-0.25, -0.2) is 4.79 Å². The maximum Gasteiger partial charge on any atom is 0.356 e. The number of esters is 1. The molecule has 0 atom stereocenters. The van der Waals surface area contributed by atoms with E-state index < -0.39 is 5.97 Å². The molecule has 0 N–H and O–H groups in total. The van der Waals surface area contributed by atoms with Gasteiger partial charge in [-0.05, 0) is 6.92 Å². The molecule has 106 valence electrons. The molecule has 0 spiro atoms. The fourth-order valence-corrected chi connectivity index (χ4v) is 2.35. The number of hydrogen-bond donors (Lipinski definition) is 0. The number of aryl methyl sites for hydroxylation is 1. The minimum absolute atomic E-state index is 0.148. The summed E-state index contributed by atoms with van der Waals surface area (Å²) in [7, 11) is 1.69. The first kappa shape index (κ1) is 14.1. The van der Waals surface area contributed by atoms with Gasteiger partial charge in [-0.1, -0.05) is 0 Å². The number of nitrogens with zero attached hydrogens (tertiary/aromatic N) is 4. The Bertz CT molecular complexity index is 585. The van der Waals surface area contributed by atoms with Crippen LogP contribution in [-0.4, -0.2) is 39.7 Å². The van der Waals surface area contributed by atoms with E-state index in [1.54, 1.807) is 18.9 Å². The first-order valence-corrected chi connectivity index (χ1v) is 6.45. The molecule has 0 fully saturated rings. The highest BCUT2D eigenvalue weighted by atomic mass is 16.5. The summed E-state index contributed by atoms with van der Waals surface area (Å²) < 4.78 is 6.52. The lowest BCUT2D eigenvalue weighted by Crippen LogP contribution is -2.36. The highest BCUT2D eigenvalue weighted by Crippen LogP contribution is 2.23. The summed E-state index contributed by atoms with van der Waals surface area (Å²) in [5.41, 5.74) is 1.93. The van der Waals surface area contributed by atoms with Crippen LogP contribution in [0.2, 0.25) is 0 Å². The van der Waals surface area contributed by atoms with Crippen molar-refractivity contribution in [2.75, 3.05) is 13.2 Å². The van der Waals surface area contributed by atoms with Crippen molar-refractivity contribution >= 4 is 11.9 Å². The van der Waals surface area contributed by atoms with Crippen LogP contribution in [-0.2, 0) is 29.5 Å². The summed E-state index contributed by atoms with van der Waals surface area (Å²) in [5.74, 6) is -0.657. The molecule has 1 amide bonds. The Kier molecular flexibility index (Phi) is 4.03. The molecule has 2 heterocycles. The van der Waals surface area contributed by atoms with Crippen LogP contribution in [0, 0.1) is 11.3 Å². The molecule has 7 heteroatoms. The summed E-state index contributed by atoms with van der Waals surface area (Å²) >= 11 is 0. The molecule has 0 saturated heterocycles. The van der Waals surface area contributed by atoms with Gasteiger partial charge in [-0.2, -0.15) is 10.4 Å². The zero-order chi connectivity index (χ0) is 14.7. The first-order valence-electron chi connectivity index (χ1n) is 6.45. The van der Waals surface area contributed by atoms with E-state index in [1.807, 2.05) is 6.07 Å². The summed E-state index contributed by atoms with van der Waals surface area (Å²) in [5, 5.41) is 12.9. The number of carbonyl (C=O) groups is 2. The van der Waals surface area contributed by atoms with Crippen molar-refractivity contribution in [3.8, 4) is 6.07 Å². The van der Waals surface area contributed by atoms with E-state index in [9.17, 15) is 9.59 Å². The topological polar surface area (TPSA) is 88.2 Å². The summed E-state index contributed by atoms with van der Waals surface area (Å²) in [6.07, 6.45) is 0.435. The molecule has 20 heavy (non-hydrogen) atoms. The Morgan fingerprint density at radius 1 is 1.50 bits per heavy atom. The van der Waals surface area contributed by atoms with E-state index in [1.165, 1.54) is 4.68 Å². The molecule has 0 saturated carbocycles. The van der Waals surface area contributed by atoms with Crippen LogP contribution < -0.4 is 0 Å². The SMILES string of the molecule is CCOC(=O)c1c2c(nn1C)CCN(C(=O)CC#N)C2. The van der Waals surface area contributed by atoms with E-state index in [0.29, 0.717) is 25.2 Å². The van der Waals surface area contributed by atoms with Crippen molar-refractivity contribution in [2.45, 2.75) is 26.3 Å². The number of fused-ring (bicyclic) bond motifs is 1. The Hall–Kier alpha value is -2.36. The lowest BCUT2D eigenvalue weighted by Gasteiger charge is -2.26. The van der Waals surface area contributed by atoms with Gasteiger partial charge in [0.25, 0.3) is 0 Å². The third kappa shape index (κ3) is 2.50. The number of carbonyl (C=O) groups excluding carboxylic acids is 2. The number of nitriles is 1. The summed E-state index contributed by atoms with van der Waals surface area (Å²) in [4.78, 5) is 25.3. The van der Waals surface area contributed by atoms with Gasteiger partial charge in [0.15, 0.2) is 5.69 Å². The summed E-state index contributed by atoms with van der Waals surface area (Å²) in [6.45, 7) is 2.85. The fourth-order valence-electron chi connectivity index (χ4n) is 2.35. The molecule has 0 unspecified atom stereocenters. The van der Waals surface area contributed by atoms with E-state index >= 15 is 0 Å². The number of amides is 1. The van der Waals surface area contributed by atoms with Crippen molar-refractivity contribution in [2.24, 2.45) is 7.05 Å². The van der Waals surface area contributed by atoms with Crippen molar-refractivity contribution in [3.63, 3.8) is 0 Å². The Morgan fingerprint density at radius 3 is 2.90 bits per heavy atom. The number of aromatic nitrogens is 2. The van der Waals surface area contributed by atoms with Gasteiger partial charge in [-0.15, -0.1) is 0 Å². The minimum Gasteiger partial charge on any atom is -0.461 e. The van der Waals surface area contributed by atoms with Crippen LogP contribution in [0.3, 0.4) is 0 Å². The zero-order valence-corrected chi connectivity index (χ0v) is 11.5. The van der Waals surface area contributed by atoms with E-state index in [-0.39, 0.29) is 18.9 Å². The van der Waals surface area contributed by atoms with Crippen molar-refractivity contribution in [3.05, 3.63) is 17.0 Å². The molecule has 1 aromatic heterocycles. The lowest BCUT2D eigenvalue weighted by molar-refractivity contribution is -0.131. The molecule has 1 aromatic rings. The highest BCUT2D eigenvalue weighted by molar-refractivity contribution is 5.90. The molecule has 0 radical (unpaired) electrons. The maximum absolute atomic E-state index is 12.0. The van der Waals surface area contributed by atoms with E-state index in [2.05, 4.69) is 5.10 Å². The van der Waals surface area contributed by atoms with Gasteiger partial charge in [0.05, 0.1) is 18.4 Å². The van der Waals surface area contributed by atoms with Crippen molar-refractivity contribution in [1.29, 1.82) is 5.26 Å². The van der Waals surface area contributed by atoms with Crippen molar-refractivity contribution in [1.82, 2.24) is 14.7 Å². The van der Waals surface area contributed by atoms with Gasteiger partial charge in [-0.3, -0.25) is 9.48 Å². The monoisotopic (exact) mass is 276 g/mol. The molecular formula is C13H16N4O3. The molecule has 1 aliphatic rings. The second-order valence-electron chi connectivity index (χ2n) is 4.52. The number of ether oxygens (including phenoxy) is 1. The smallest absolute Gasteiger partial charge is 0.356 e. The largest absolute Gasteiger partial charge is 0.461 e. The van der Waals surface area contributed by atoms with Gasteiger partial charge in [0.1, 0.15) is 6.42 Å². The van der Waals surface area contributed by atoms with Gasteiger partial charge in [0, 0.05) is 32.1 Å². The first-order chi connectivity index (χ1) is 9.58. The Balaban J connectivity index is 2.28. The quantitative estimate of drug-likeness (QED) is 0.745. The number of hydrogen-bond acceptors (Lipinski definition) is 5. The van der Waals surface area contributed by atoms with Crippen LogP contribution in [0.25, 0.3) is 0 Å². The fraction of sp³-hybridized carbons (Fsp3) is 0.538. The number of rotatable bonds is 3. The molecule has 2 rings (SSSR count). The van der Waals surface area contributed by atoms with Crippen LogP contribution in [0.4, 0.5) is 0 Å². The van der Waals surface area contributed by atoms with Crippen molar-refractivity contribution < 1.29 is 14.3 Å². The van der Waals surface area contributed by atoms with E-state index in [0.717, 1.165) is 11.3 Å². The predicted molar refractivity (Wildman–Crippen MR) is 68.5 cm³/mol. The standard InChI is InChI=1S/C13H16N4O3/c1-3-20-13(19)12-9-8-17(11(18)4-6-14)7-5-10(9)15-16(12)2/h3-5,7-8H2,1-2H3. The summed E-state index contributed by atoms with van der Waals surface area (Å²) in [6, 6.07) is 1.85. The van der Waals surface area contributed by atoms with Gasteiger partial charge in [0.2, 0.25) is 5.91 Å². The Morgan fingerprint density at radius 2 is 2.25 bits per heavy atom. The second-order valence-corrected chi connectivity index (χ2v) is 4.52. The zero-order valence-electron chi connectivity index (χ0n) is 11.5. The Labute approximate surface area is 116 Å². The predicted octanol–water partition coefficient (Wildman–Crippen LogP) is 0.395. The van der Waals surface area contributed by atoms with Gasteiger partial charge < -0.3 is 9.64 Å². The van der Waals surface area contributed by atoms with Crippen LogP contribution in [0.5, 0.6) is 0 Å². The average Bonchev–Trinajstić information content (AvgIpc) is 2.74. The molecule has 0 aliphatic carbocycles. The molecule has 1 aliphatic heterocycles. The molecular weight excluding hydrogens is 260 g/mol. The molecule has 0 aromatic carbocycles. The lowest BCUT2D eigenvalue weighted by atomic mass is 10.0. The van der Waals surface area contributed by atoms with Crippen LogP contribution >= 0.6 is 0 Å². The molecule has 0 bridgehead atoms. The average molecular weight is 276 g/mol. The van der Waals surface area contributed by atoms with Crippen LogP contribution in [0.1, 0.15) is 35.1 Å². The minimum atomic E-state index is -0.432. The normalized spacial score (nSPS) is 13.6. The second kappa shape index (κ2) is 5.74. The molecule has 7 nitrogen and oxygen atoms in total. The van der Waals surface area contributed by atoms with E-state index in [4.69, 9.17) is 10.00 Å². The third-order valence-electron chi connectivity index (χ3n) is 3.25. The maximum atomic E-state index is 12.0. The highest BCUT2D eigenvalue weighted by Gasteiger charge is 2.29. The van der Waals surface area contributed by atoms with Gasteiger partial charge >= 0.3 is 5.97 Å².